The Kier molecular flexibility index (Phi) is 4.79. The topological polar surface area (TPSA) is 24.9 Å². The molecular weight excluding hydrogens is 216 g/mol. The highest BCUT2D eigenvalue weighted by molar-refractivity contribution is 7.09. The number of rotatable bonds is 6. The summed E-state index contributed by atoms with van der Waals surface area (Å²) in [5, 5.41) is 3.71. The van der Waals surface area contributed by atoms with Crippen molar-refractivity contribution in [2.75, 3.05) is 0 Å². The third kappa shape index (κ3) is 3.29. The van der Waals surface area contributed by atoms with E-state index in [1.165, 1.54) is 43.4 Å². The fourth-order valence-electron chi connectivity index (χ4n) is 2.68. The minimum atomic E-state index is 0.758. The molecule has 1 aliphatic carbocycles. The van der Waals surface area contributed by atoms with Crippen LogP contribution in [0.3, 0.4) is 0 Å². The Hall–Kier alpha value is -0.410. The van der Waals surface area contributed by atoms with Crippen LogP contribution in [0.5, 0.6) is 0 Å². The van der Waals surface area contributed by atoms with Gasteiger partial charge in [-0.2, -0.15) is 0 Å². The number of hydrogen-bond acceptors (Lipinski definition) is 3. The summed E-state index contributed by atoms with van der Waals surface area (Å²) in [6, 6.07) is 0.758. The largest absolute Gasteiger partial charge is 0.309 e. The molecule has 0 spiro atoms. The van der Waals surface area contributed by atoms with Crippen molar-refractivity contribution in [3.05, 3.63) is 16.6 Å². The van der Waals surface area contributed by atoms with Crippen molar-refractivity contribution in [3.63, 3.8) is 0 Å². The van der Waals surface area contributed by atoms with Crippen molar-refractivity contribution in [2.24, 2.45) is 5.92 Å². The van der Waals surface area contributed by atoms with Crippen LogP contribution in [0.4, 0.5) is 0 Å². The molecular formula is C13H22N2S. The number of thiazole rings is 1. The molecule has 1 aromatic heterocycles. The second-order valence-corrected chi connectivity index (χ2v) is 5.76. The third-order valence-corrected chi connectivity index (χ3v) is 4.39. The van der Waals surface area contributed by atoms with Crippen LogP contribution in [0.2, 0.25) is 0 Å². The molecule has 16 heavy (non-hydrogen) atoms. The lowest BCUT2D eigenvalue weighted by Crippen LogP contribution is -2.31. The average molecular weight is 238 g/mol. The quantitative estimate of drug-likeness (QED) is 0.819. The first-order chi connectivity index (χ1) is 7.90. The molecule has 0 aromatic carbocycles. The predicted molar refractivity (Wildman–Crippen MR) is 69.6 cm³/mol. The van der Waals surface area contributed by atoms with Crippen LogP contribution in [0.1, 0.15) is 50.3 Å². The Labute approximate surface area is 102 Å². The molecule has 1 fully saturated rings. The van der Waals surface area contributed by atoms with Crippen molar-refractivity contribution in [2.45, 2.75) is 58.0 Å². The Morgan fingerprint density at radius 3 is 3.19 bits per heavy atom. The molecule has 2 nitrogen and oxygen atoms in total. The normalized spacial score (nSPS) is 25.1. The summed E-state index contributed by atoms with van der Waals surface area (Å²) in [5.41, 5.74) is 1.92. The fourth-order valence-corrected chi connectivity index (χ4v) is 3.22. The molecule has 1 saturated carbocycles. The highest BCUT2D eigenvalue weighted by Crippen LogP contribution is 2.30. The van der Waals surface area contributed by atoms with Crippen molar-refractivity contribution >= 4 is 11.3 Å². The molecule has 2 unspecified atom stereocenters. The van der Waals surface area contributed by atoms with Crippen LogP contribution in [0, 0.1) is 5.92 Å². The number of nitrogens with one attached hydrogen (secondary N) is 1. The van der Waals surface area contributed by atoms with Crippen molar-refractivity contribution < 1.29 is 0 Å². The van der Waals surface area contributed by atoms with Gasteiger partial charge in [-0.05, 0) is 25.2 Å². The highest BCUT2D eigenvalue weighted by Gasteiger charge is 2.25. The van der Waals surface area contributed by atoms with Crippen molar-refractivity contribution in [1.82, 2.24) is 10.3 Å². The van der Waals surface area contributed by atoms with Gasteiger partial charge in [-0.1, -0.05) is 26.2 Å². The Bertz CT molecular complexity index is 284. The summed E-state index contributed by atoms with van der Waals surface area (Å²) in [6.07, 6.45) is 10.3. The molecule has 90 valence electrons. The van der Waals surface area contributed by atoms with Gasteiger partial charge in [-0.3, -0.25) is 4.98 Å². The van der Waals surface area contributed by atoms with E-state index in [0.29, 0.717) is 0 Å². The zero-order chi connectivity index (χ0) is 11.2. The van der Waals surface area contributed by atoms with Crippen LogP contribution in [-0.4, -0.2) is 11.0 Å². The smallest absolute Gasteiger partial charge is 0.0794 e. The number of nitrogens with zero attached hydrogens (tertiary/aromatic N) is 1. The van der Waals surface area contributed by atoms with E-state index in [9.17, 15) is 0 Å². The Balaban J connectivity index is 1.75. The fraction of sp³-hybridized carbons (Fsp3) is 0.769. The van der Waals surface area contributed by atoms with Gasteiger partial charge in [0.1, 0.15) is 0 Å². The highest BCUT2D eigenvalue weighted by atomic mass is 32.1. The van der Waals surface area contributed by atoms with E-state index >= 15 is 0 Å². The maximum Gasteiger partial charge on any atom is 0.0794 e. The summed E-state index contributed by atoms with van der Waals surface area (Å²) in [6.45, 7) is 3.30. The standard InChI is InChI=1S/C13H22N2S/c1-2-3-5-11-6-4-7-13(11)15-9-12-8-14-10-16-12/h8,10-11,13,15H,2-7,9H2,1H3. The van der Waals surface area contributed by atoms with Gasteiger partial charge >= 0.3 is 0 Å². The van der Waals surface area contributed by atoms with Crippen molar-refractivity contribution in [3.8, 4) is 0 Å². The molecule has 1 N–H and O–H groups in total. The molecule has 1 heterocycles. The Morgan fingerprint density at radius 1 is 1.50 bits per heavy atom. The van der Waals surface area contributed by atoms with E-state index in [1.807, 2.05) is 11.7 Å². The second kappa shape index (κ2) is 6.36. The molecule has 2 atom stereocenters. The van der Waals surface area contributed by atoms with Gasteiger partial charge in [-0.25, -0.2) is 0 Å². The van der Waals surface area contributed by atoms with E-state index < -0.39 is 0 Å². The lowest BCUT2D eigenvalue weighted by atomic mass is 9.97. The zero-order valence-electron chi connectivity index (χ0n) is 10.1. The first-order valence-electron chi connectivity index (χ1n) is 6.51. The van der Waals surface area contributed by atoms with Crippen molar-refractivity contribution in [1.29, 1.82) is 0 Å². The van der Waals surface area contributed by atoms with Crippen LogP contribution in [-0.2, 0) is 6.54 Å². The van der Waals surface area contributed by atoms with Gasteiger partial charge in [0.2, 0.25) is 0 Å². The molecule has 1 aromatic rings. The van der Waals surface area contributed by atoms with E-state index in [4.69, 9.17) is 0 Å². The Morgan fingerprint density at radius 2 is 2.44 bits per heavy atom. The van der Waals surface area contributed by atoms with Gasteiger partial charge < -0.3 is 5.32 Å². The van der Waals surface area contributed by atoms with Crippen LogP contribution in [0.15, 0.2) is 11.7 Å². The SMILES string of the molecule is CCCCC1CCCC1NCc1cncs1. The predicted octanol–water partition coefficient (Wildman–Crippen LogP) is 3.59. The van der Waals surface area contributed by atoms with Gasteiger partial charge in [-0.15, -0.1) is 11.3 Å². The summed E-state index contributed by atoms with van der Waals surface area (Å²) in [7, 11) is 0. The van der Waals surface area contributed by atoms with E-state index in [1.54, 1.807) is 11.3 Å². The van der Waals surface area contributed by atoms with Gasteiger partial charge in [0, 0.05) is 23.7 Å². The number of unbranched alkanes of at least 4 members (excludes halogenated alkanes) is 1. The molecule has 1 aliphatic rings. The molecule has 3 heteroatoms. The average Bonchev–Trinajstić information content (AvgIpc) is 2.94. The molecule has 0 amide bonds. The third-order valence-electron chi connectivity index (χ3n) is 3.61. The minimum absolute atomic E-state index is 0.758. The summed E-state index contributed by atoms with van der Waals surface area (Å²) in [4.78, 5) is 5.48. The maximum atomic E-state index is 4.11. The van der Waals surface area contributed by atoms with Gasteiger partial charge in [0.15, 0.2) is 0 Å². The van der Waals surface area contributed by atoms with E-state index in [2.05, 4.69) is 17.2 Å². The maximum absolute atomic E-state index is 4.11. The summed E-state index contributed by atoms with van der Waals surface area (Å²) >= 11 is 1.75. The summed E-state index contributed by atoms with van der Waals surface area (Å²) < 4.78 is 0. The lowest BCUT2D eigenvalue weighted by molar-refractivity contribution is 0.369. The molecule has 0 saturated heterocycles. The lowest BCUT2D eigenvalue weighted by Gasteiger charge is -2.20. The summed E-state index contributed by atoms with van der Waals surface area (Å²) in [5.74, 6) is 0.924. The number of hydrogen-bond donors (Lipinski definition) is 1. The van der Waals surface area contributed by atoms with Crippen LogP contribution in [0.25, 0.3) is 0 Å². The van der Waals surface area contributed by atoms with Gasteiger partial charge in [0.05, 0.1) is 5.51 Å². The minimum Gasteiger partial charge on any atom is -0.309 e. The monoisotopic (exact) mass is 238 g/mol. The molecule has 0 bridgehead atoms. The number of aromatic nitrogens is 1. The molecule has 0 radical (unpaired) electrons. The zero-order valence-corrected chi connectivity index (χ0v) is 10.9. The van der Waals surface area contributed by atoms with E-state index in [0.717, 1.165) is 18.5 Å². The first kappa shape index (κ1) is 12.1. The molecule has 0 aliphatic heterocycles. The van der Waals surface area contributed by atoms with E-state index in [-0.39, 0.29) is 0 Å². The van der Waals surface area contributed by atoms with Gasteiger partial charge in [0.25, 0.3) is 0 Å². The first-order valence-corrected chi connectivity index (χ1v) is 7.39. The molecule has 2 rings (SSSR count). The van der Waals surface area contributed by atoms with Crippen LogP contribution < -0.4 is 5.32 Å². The van der Waals surface area contributed by atoms with Crippen LogP contribution >= 0.6 is 11.3 Å². The second-order valence-electron chi connectivity index (χ2n) is 4.79.